The fraction of sp³-hybridized carbons (Fsp3) is 0.171. The maximum atomic E-state index is 14.8. The summed E-state index contributed by atoms with van der Waals surface area (Å²) >= 11 is 0. The first-order chi connectivity index (χ1) is 18.8. The van der Waals surface area contributed by atoms with Gasteiger partial charge in [0.05, 0.1) is 5.69 Å². The summed E-state index contributed by atoms with van der Waals surface area (Å²) in [6.45, 7) is 13.9. The fourth-order valence-corrected chi connectivity index (χ4v) is 4.30. The van der Waals surface area contributed by atoms with Crippen molar-refractivity contribution in [1.82, 2.24) is 4.98 Å². The molecular formula is C35H39FN2O. The van der Waals surface area contributed by atoms with Gasteiger partial charge in [0.2, 0.25) is 0 Å². The molecule has 0 atom stereocenters. The van der Waals surface area contributed by atoms with Crippen molar-refractivity contribution in [1.29, 1.82) is 0 Å². The first kappa shape index (κ1) is 30.9. The van der Waals surface area contributed by atoms with Crippen LogP contribution >= 0.6 is 0 Å². The van der Waals surface area contributed by atoms with E-state index in [0.29, 0.717) is 5.56 Å². The second-order valence-electron chi connectivity index (χ2n) is 9.72. The van der Waals surface area contributed by atoms with Crippen LogP contribution < -0.4 is 5.73 Å². The van der Waals surface area contributed by atoms with Crippen LogP contribution in [0.4, 0.5) is 4.39 Å². The van der Waals surface area contributed by atoms with Crippen LogP contribution in [0.3, 0.4) is 0 Å². The highest BCUT2D eigenvalue weighted by Crippen LogP contribution is 2.40. The van der Waals surface area contributed by atoms with E-state index < -0.39 is 0 Å². The summed E-state index contributed by atoms with van der Waals surface area (Å²) in [5.41, 5.74) is 12.7. The minimum absolute atomic E-state index is 0.123. The highest BCUT2D eigenvalue weighted by Gasteiger charge is 2.18. The van der Waals surface area contributed by atoms with E-state index in [4.69, 9.17) is 4.79 Å². The molecule has 3 N–H and O–H groups in total. The van der Waals surface area contributed by atoms with Gasteiger partial charge in [-0.2, -0.15) is 0 Å². The molecule has 0 aliphatic heterocycles. The molecule has 0 radical (unpaired) electrons. The molecule has 0 aliphatic carbocycles. The summed E-state index contributed by atoms with van der Waals surface area (Å²) in [4.78, 5) is 11.5. The number of nitrogens with two attached hydrogens (primary N) is 1. The molecule has 0 unspecified atom stereocenters. The van der Waals surface area contributed by atoms with Crippen LogP contribution in [-0.4, -0.2) is 18.8 Å². The molecular weight excluding hydrogens is 483 g/mol. The normalized spacial score (nSPS) is 10.2. The van der Waals surface area contributed by atoms with Crippen LogP contribution in [0.15, 0.2) is 110 Å². The van der Waals surface area contributed by atoms with Gasteiger partial charge in [-0.15, -0.1) is 6.58 Å². The van der Waals surface area contributed by atoms with Crippen LogP contribution in [0.2, 0.25) is 0 Å². The Hall–Kier alpha value is -4.28. The lowest BCUT2D eigenvalue weighted by Crippen LogP contribution is -2.10. The van der Waals surface area contributed by atoms with Crippen molar-refractivity contribution >= 4 is 17.7 Å². The van der Waals surface area contributed by atoms with Gasteiger partial charge in [-0.25, -0.2) is 4.39 Å². The number of aromatic nitrogens is 1. The standard InChI is InChI=1S/C30H26FN.C3H6.CH5N.CH2O/c1-30(2,3)23-16-13-20(14-17-23)22-15-18-27-25(19-22)28(21-9-5-4-6-10-21)29(32-27)24-11-7-8-12-26(24)31;1-3-2;2*1-2/h4-19,32H,1-3H3;3H,1H2,2H3;2H2,1H3;1H2. The van der Waals surface area contributed by atoms with E-state index in [0.717, 1.165) is 33.3 Å². The smallest absolute Gasteiger partial charge is 0.132 e. The maximum Gasteiger partial charge on any atom is 0.132 e. The van der Waals surface area contributed by atoms with Crippen LogP contribution in [0.25, 0.3) is 44.4 Å². The second kappa shape index (κ2) is 14.6. The third kappa shape index (κ3) is 7.40. The number of fused-ring (bicyclic) bond motifs is 1. The van der Waals surface area contributed by atoms with Crippen molar-refractivity contribution in [2.75, 3.05) is 7.05 Å². The average Bonchev–Trinajstić information content (AvgIpc) is 3.34. The van der Waals surface area contributed by atoms with E-state index in [1.165, 1.54) is 24.2 Å². The Morgan fingerprint density at radius 1 is 0.769 bits per heavy atom. The van der Waals surface area contributed by atoms with E-state index in [2.05, 4.69) is 92.7 Å². The van der Waals surface area contributed by atoms with E-state index in [-0.39, 0.29) is 11.2 Å². The molecule has 0 spiro atoms. The lowest BCUT2D eigenvalue weighted by molar-refractivity contribution is -0.0980. The van der Waals surface area contributed by atoms with Crippen LogP contribution in [0.5, 0.6) is 0 Å². The number of carbonyl (C=O) groups is 1. The summed E-state index contributed by atoms with van der Waals surface area (Å²) in [6.07, 6.45) is 1.75. The summed E-state index contributed by atoms with van der Waals surface area (Å²) < 4.78 is 14.8. The Kier molecular flexibility index (Phi) is 11.6. The van der Waals surface area contributed by atoms with Gasteiger partial charge in [0, 0.05) is 22.0 Å². The molecule has 202 valence electrons. The molecule has 0 amide bonds. The number of allylic oxidation sites excluding steroid dienone is 1. The van der Waals surface area contributed by atoms with Gasteiger partial charge in [0.1, 0.15) is 12.6 Å². The van der Waals surface area contributed by atoms with E-state index in [1.807, 2.05) is 44.0 Å². The summed E-state index contributed by atoms with van der Waals surface area (Å²) in [7, 11) is 1.50. The van der Waals surface area contributed by atoms with Crippen molar-refractivity contribution in [3.63, 3.8) is 0 Å². The topological polar surface area (TPSA) is 58.9 Å². The number of halogens is 1. The predicted molar refractivity (Wildman–Crippen MR) is 166 cm³/mol. The predicted octanol–water partition coefficient (Wildman–Crippen LogP) is 9.19. The lowest BCUT2D eigenvalue weighted by Gasteiger charge is -2.19. The number of hydrogen-bond donors (Lipinski definition) is 2. The molecule has 4 heteroatoms. The van der Waals surface area contributed by atoms with Gasteiger partial charge in [0.15, 0.2) is 0 Å². The number of carbonyl (C=O) groups excluding carboxylic acids is 1. The zero-order chi connectivity index (χ0) is 29.0. The van der Waals surface area contributed by atoms with Gasteiger partial charge in [-0.1, -0.05) is 99.6 Å². The first-order valence-electron chi connectivity index (χ1n) is 12.8. The van der Waals surface area contributed by atoms with Crippen molar-refractivity contribution in [2.24, 2.45) is 5.73 Å². The van der Waals surface area contributed by atoms with Gasteiger partial charge >= 0.3 is 0 Å². The molecule has 4 aromatic carbocycles. The largest absolute Gasteiger partial charge is 0.354 e. The minimum atomic E-state index is -0.228. The Balaban J connectivity index is 0.000000700. The van der Waals surface area contributed by atoms with Gasteiger partial charge in [-0.05, 0) is 65.9 Å². The molecule has 5 rings (SSSR count). The maximum absolute atomic E-state index is 14.8. The molecule has 0 bridgehead atoms. The zero-order valence-corrected chi connectivity index (χ0v) is 23.6. The number of hydrogen-bond acceptors (Lipinski definition) is 2. The molecule has 3 nitrogen and oxygen atoms in total. The Morgan fingerprint density at radius 2 is 1.31 bits per heavy atom. The summed E-state index contributed by atoms with van der Waals surface area (Å²) in [5.74, 6) is -0.228. The highest BCUT2D eigenvalue weighted by molar-refractivity contribution is 6.05. The van der Waals surface area contributed by atoms with Crippen molar-refractivity contribution < 1.29 is 9.18 Å². The van der Waals surface area contributed by atoms with Crippen molar-refractivity contribution in [3.8, 4) is 33.5 Å². The Morgan fingerprint density at radius 3 is 1.87 bits per heavy atom. The first-order valence-corrected chi connectivity index (χ1v) is 12.8. The molecule has 0 saturated carbocycles. The molecule has 0 aliphatic rings. The van der Waals surface area contributed by atoms with Crippen LogP contribution in [0.1, 0.15) is 33.3 Å². The Bertz CT molecular complexity index is 1460. The van der Waals surface area contributed by atoms with E-state index >= 15 is 0 Å². The highest BCUT2D eigenvalue weighted by atomic mass is 19.1. The SMILES string of the molecule is C=CC.C=O.CC(C)(C)c1ccc(-c2ccc3[nH]c(-c4ccccc4F)c(-c4ccccc4)c3c2)cc1.CN. The molecule has 0 fully saturated rings. The lowest BCUT2D eigenvalue weighted by atomic mass is 9.86. The molecule has 1 heterocycles. The third-order valence-corrected chi connectivity index (χ3v) is 6.09. The zero-order valence-electron chi connectivity index (χ0n) is 23.6. The molecule has 0 saturated heterocycles. The van der Waals surface area contributed by atoms with E-state index in [1.54, 1.807) is 12.1 Å². The fourth-order valence-electron chi connectivity index (χ4n) is 4.30. The number of H-pyrrole nitrogens is 1. The minimum Gasteiger partial charge on any atom is -0.354 e. The van der Waals surface area contributed by atoms with Crippen LogP contribution in [0, 0.1) is 5.82 Å². The number of benzene rings is 4. The van der Waals surface area contributed by atoms with Gasteiger partial charge in [0.25, 0.3) is 0 Å². The monoisotopic (exact) mass is 522 g/mol. The van der Waals surface area contributed by atoms with E-state index in [9.17, 15) is 4.39 Å². The van der Waals surface area contributed by atoms with Gasteiger partial charge in [-0.3, -0.25) is 0 Å². The Labute approximate surface area is 232 Å². The average molecular weight is 523 g/mol. The molecule has 5 aromatic rings. The number of nitrogens with one attached hydrogen (secondary N) is 1. The second-order valence-corrected chi connectivity index (χ2v) is 9.72. The molecule has 39 heavy (non-hydrogen) atoms. The third-order valence-electron chi connectivity index (χ3n) is 6.09. The summed E-state index contributed by atoms with van der Waals surface area (Å²) in [6, 6.07) is 32.4. The number of rotatable bonds is 3. The van der Waals surface area contributed by atoms with Crippen LogP contribution in [-0.2, 0) is 10.2 Å². The van der Waals surface area contributed by atoms with Crippen molar-refractivity contribution in [3.05, 3.63) is 121 Å². The van der Waals surface area contributed by atoms with Gasteiger partial charge < -0.3 is 15.5 Å². The molecule has 1 aromatic heterocycles. The quantitative estimate of drug-likeness (QED) is 0.232. The summed E-state index contributed by atoms with van der Waals surface area (Å²) in [5, 5.41) is 1.09. The van der Waals surface area contributed by atoms with Crippen molar-refractivity contribution in [2.45, 2.75) is 33.1 Å². The number of aromatic amines is 1.